The number of anilines is 1. The molecule has 0 saturated carbocycles. The van der Waals surface area contributed by atoms with Crippen molar-refractivity contribution in [3.05, 3.63) is 59.4 Å². The van der Waals surface area contributed by atoms with Crippen molar-refractivity contribution in [2.24, 2.45) is 0 Å². The Morgan fingerprint density at radius 2 is 1.80 bits per heavy atom. The lowest BCUT2D eigenvalue weighted by molar-refractivity contribution is -0.113. The van der Waals surface area contributed by atoms with Gasteiger partial charge in [-0.1, -0.05) is 17.7 Å². The zero-order valence-corrected chi connectivity index (χ0v) is 18.2. The minimum Gasteiger partial charge on any atom is -0.490 e. The number of carbonyl (C=O) groups is 1. The van der Waals surface area contributed by atoms with Crippen LogP contribution in [0, 0.1) is 20.8 Å². The topological polar surface area (TPSA) is 65.4 Å². The van der Waals surface area contributed by atoms with Crippen molar-refractivity contribution in [3.8, 4) is 17.2 Å². The van der Waals surface area contributed by atoms with Gasteiger partial charge in [-0.15, -0.1) is 11.8 Å². The van der Waals surface area contributed by atoms with E-state index in [0.717, 1.165) is 45.6 Å². The van der Waals surface area contributed by atoms with E-state index in [-0.39, 0.29) is 5.91 Å². The number of rotatable bonds is 5. The molecule has 0 atom stereocenters. The molecule has 1 amide bonds. The molecule has 0 radical (unpaired) electrons. The number of nitrogens with zero attached hydrogens (tertiary/aromatic N) is 2. The van der Waals surface area contributed by atoms with Crippen LogP contribution in [0.25, 0.3) is 5.69 Å². The van der Waals surface area contributed by atoms with Crippen molar-refractivity contribution < 1.29 is 14.3 Å². The SMILES string of the molecule is Cc1ccc(-n2nc(C)c(NC(=O)CSc3ccc4c(c3)OCCCO4)c2C)cc1. The molecule has 3 aromatic rings. The van der Waals surface area contributed by atoms with Crippen molar-refractivity contribution >= 4 is 23.4 Å². The van der Waals surface area contributed by atoms with E-state index in [9.17, 15) is 4.79 Å². The monoisotopic (exact) mass is 423 g/mol. The van der Waals surface area contributed by atoms with Crippen LogP contribution in [0.15, 0.2) is 47.4 Å². The number of ether oxygens (including phenoxy) is 2. The maximum atomic E-state index is 12.6. The molecule has 30 heavy (non-hydrogen) atoms. The maximum absolute atomic E-state index is 12.6. The minimum absolute atomic E-state index is 0.0678. The Hall–Kier alpha value is -2.93. The van der Waals surface area contributed by atoms with E-state index >= 15 is 0 Å². The lowest BCUT2D eigenvalue weighted by Gasteiger charge is -2.10. The lowest BCUT2D eigenvalue weighted by Crippen LogP contribution is -2.15. The third kappa shape index (κ3) is 4.46. The van der Waals surface area contributed by atoms with Crippen LogP contribution in [0.1, 0.15) is 23.4 Å². The van der Waals surface area contributed by atoms with E-state index in [1.54, 1.807) is 0 Å². The number of carbonyl (C=O) groups excluding carboxylic acids is 1. The molecule has 0 aliphatic carbocycles. The molecule has 2 aromatic carbocycles. The summed E-state index contributed by atoms with van der Waals surface area (Å²) in [6, 6.07) is 14.0. The van der Waals surface area contributed by atoms with Crippen LogP contribution in [0.3, 0.4) is 0 Å². The highest BCUT2D eigenvalue weighted by Crippen LogP contribution is 2.34. The summed E-state index contributed by atoms with van der Waals surface area (Å²) in [6.07, 6.45) is 0.870. The molecular formula is C23H25N3O3S. The fourth-order valence-electron chi connectivity index (χ4n) is 3.32. The van der Waals surface area contributed by atoms with Gasteiger partial charge in [0.2, 0.25) is 5.91 Å². The van der Waals surface area contributed by atoms with Crippen LogP contribution >= 0.6 is 11.8 Å². The number of fused-ring (bicyclic) bond motifs is 1. The number of hydrogen-bond acceptors (Lipinski definition) is 5. The molecule has 156 valence electrons. The van der Waals surface area contributed by atoms with E-state index < -0.39 is 0 Å². The predicted molar refractivity (Wildman–Crippen MR) is 119 cm³/mol. The first-order valence-corrected chi connectivity index (χ1v) is 11.0. The summed E-state index contributed by atoms with van der Waals surface area (Å²) in [6.45, 7) is 7.23. The summed E-state index contributed by atoms with van der Waals surface area (Å²) < 4.78 is 13.2. The van der Waals surface area contributed by atoms with Crippen molar-refractivity contribution in [1.29, 1.82) is 0 Å². The third-order valence-corrected chi connectivity index (χ3v) is 5.92. The molecule has 4 rings (SSSR count). The van der Waals surface area contributed by atoms with Gasteiger partial charge in [0.1, 0.15) is 0 Å². The Bertz CT molecular complexity index is 1060. The number of nitrogens with one attached hydrogen (secondary N) is 1. The number of thioether (sulfide) groups is 1. The van der Waals surface area contributed by atoms with Gasteiger partial charge in [0.25, 0.3) is 0 Å². The summed E-state index contributed by atoms with van der Waals surface area (Å²) in [5.74, 6) is 1.73. The Balaban J connectivity index is 1.42. The second-order valence-electron chi connectivity index (χ2n) is 7.29. The number of aromatic nitrogens is 2. The molecule has 0 spiro atoms. The molecule has 7 heteroatoms. The van der Waals surface area contributed by atoms with Gasteiger partial charge in [0.15, 0.2) is 11.5 Å². The van der Waals surface area contributed by atoms with Gasteiger partial charge in [-0.25, -0.2) is 4.68 Å². The van der Waals surface area contributed by atoms with Gasteiger partial charge >= 0.3 is 0 Å². The molecule has 0 bridgehead atoms. The van der Waals surface area contributed by atoms with E-state index in [0.29, 0.717) is 19.0 Å². The Morgan fingerprint density at radius 3 is 2.57 bits per heavy atom. The molecule has 1 N–H and O–H groups in total. The predicted octanol–water partition coefficient (Wildman–Crippen LogP) is 4.69. The van der Waals surface area contributed by atoms with Gasteiger partial charge in [-0.05, 0) is 51.1 Å². The van der Waals surface area contributed by atoms with Crippen LogP contribution in [-0.2, 0) is 4.79 Å². The van der Waals surface area contributed by atoms with Gasteiger partial charge < -0.3 is 14.8 Å². The minimum atomic E-state index is -0.0678. The highest BCUT2D eigenvalue weighted by molar-refractivity contribution is 8.00. The van der Waals surface area contributed by atoms with Crippen LogP contribution in [0.4, 0.5) is 5.69 Å². The fourth-order valence-corrected chi connectivity index (χ4v) is 4.04. The summed E-state index contributed by atoms with van der Waals surface area (Å²) in [7, 11) is 0. The van der Waals surface area contributed by atoms with Crippen molar-refractivity contribution in [3.63, 3.8) is 0 Å². The third-order valence-electron chi connectivity index (χ3n) is 4.92. The molecule has 1 aromatic heterocycles. The van der Waals surface area contributed by atoms with Crippen molar-refractivity contribution in [2.75, 3.05) is 24.3 Å². The Morgan fingerprint density at radius 1 is 1.07 bits per heavy atom. The molecule has 1 aliphatic heterocycles. The summed E-state index contributed by atoms with van der Waals surface area (Å²) in [5, 5.41) is 7.63. The van der Waals surface area contributed by atoms with Gasteiger partial charge in [-0.3, -0.25) is 4.79 Å². The van der Waals surface area contributed by atoms with Gasteiger partial charge in [0.05, 0.1) is 41.7 Å². The highest BCUT2D eigenvalue weighted by atomic mass is 32.2. The number of amides is 1. The smallest absolute Gasteiger partial charge is 0.234 e. The largest absolute Gasteiger partial charge is 0.490 e. The summed E-state index contributed by atoms with van der Waals surface area (Å²) in [5.41, 5.74) is 4.64. The zero-order chi connectivity index (χ0) is 21.1. The van der Waals surface area contributed by atoms with Crippen LogP contribution in [0.2, 0.25) is 0 Å². The second kappa shape index (κ2) is 8.83. The second-order valence-corrected chi connectivity index (χ2v) is 8.34. The van der Waals surface area contributed by atoms with Crippen molar-refractivity contribution in [1.82, 2.24) is 9.78 Å². The summed E-state index contributed by atoms with van der Waals surface area (Å²) in [4.78, 5) is 13.6. The summed E-state index contributed by atoms with van der Waals surface area (Å²) >= 11 is 1.47. The van der Waals surface area contributed by atoms with Crippen LogP contribution in [0.5, 0.6) is 11.5 Å². The first-order valence-electron chi connectivity index (χ1n) is 9.97. The first-order chi connectivity index (χ1) is 14.5. The maximum Gasteiger partial charge on any atom is 0.234 e. The average molecular weight is 424 g/mol. The van der Waals surface area contributed by atoms with E-state index in [1.807, 2.05) is 48.9 Å². The van der Waals surface area contributed by atoms with Crippen LogP contribution in [-0.4, -0.2) is 34.7 Å². The molecule has 2 heterocycles. The van der Waals surface area contributed by atoms with E-state index in [2.05, 4.69) is 29.5 Å². The molecule has 0 fully saturated rings. The van der Waals surface area contributed by atoms with E-state index in [1.165, 1.54) is 17.3 Å². The molecule has 6 nitrogen and oxygen atoms in total. The Labute approximate surface area is 180 Å². The van der Waals surface area contributed by atoms with Gasteiger partial charge in [-0.2, -0.15) is 5.10 Å². The zero-order valence-electron chi connectivity index (χ0n) is 17.4. The average Bonchev–Trinajstić information content (AvgIpc) is 2.91. The van der Waals surface area contributed by atoms with Crippen LogP contribution < -0.4 is 14.8 Å². The highest BCUT2D eigenvalue weighted by Gasteiger charge is 2.16. The lowest BCUT2D eigenvalue weighted by atomic mass is 10.2. The number of benzene rings is 2. The van der Waals surface area contributed by atoms with E-state index in [4.69, 9.17) is 9.47 Å². The molecule has 0 saturated heterocycles. The Kier molecular flexibility index (Phi) is 5.99. The molecular weight excluding hydrogens is 398 g/mol. The standard InChI is InChI=1S/C23H25N3O3S/c1-15-5-7-18(8-6-15)26-17(3)23(16(2)25-26)24-22(27)14-30-19-9-10-20-21(13-19)29-12-4-11-28-20/h5-10,13H,4,11-12,14H2,1-3H3,(H,24,27). The number of aryl methyl sites for hydroxylation is 2. The number of hydrogen-bond donors (Lipinski definition) is 1. The first kappa shape index (κ1) is 20.3. The fraction of sp³-hybridized carbons (Fsp3) is 0.304. The molecule has 0 unspecified atom stereocenters. The van der Waals surface area contributed by atoms with Crippen molar-refractivity contribution in [2.45, 2.75) is 32.1 Å². The quantitative estimate of drug-likeness (QED) is 0.603. The normalized spacial score (nSPS) is 13.0. The van der Waals surface area contributed by atoms with Gasteiger partial charge in [0, 0.05) is 11.3 Å². The molecule has 1 aliphatic rings.